The number of aliphatic hydroxyl groups excluding tert-OH is 1. The van der Waals surface area contributed by atoms with Crippen LogP contribution in [0.5, 0.6) is 0 Å². The highest BCUT2D eigenvalue weighted by Gasteiger charge is 2.20. The highest BCUT2D eigenvalue weighted by molar-refractivity contribution is 5.82. The monoisotopic (exact) mass is 259 g/mol. The van der Waals surface area contributed by atoms with Crippen molar-refractivity contribution < 1.29 is 9.84 Å². The molecule has 0 heterocycles. The van der Waals surface area contributed by atoms with Crippen molar-refractivity contribution in [1.29, 1.82) is 5.41 Å². The standard InChI is InChI=1S/C13H29N3O2/c1-13(2,12(14)15)6-4-5-7-16(8-10-17)9-11-18-3/h17H,4-11H2,1-3H3,(H3,14,15). The molecule has 108 valence electrons. The van der Waals surface area contributed by atoms with Crippen molar-refractivity contribution in [2.45, 2.75) is 33.1 Å². The summed E-state index contributed by atoms with van der Waals surface area (Å²) < 4.78 is 5.04. The van der Waals surface area contributed by atoms with Gasteiger partial charge < -0.3 is 15.6 Å². The summed E-state index contributed by atoms with van der Waals surface area (Å²) >= 11 is 0. The fourth-order valence-corrected chi connectivity index (χ4v) is 1.73. The van der Waals surface area contributed by atoms with E-state index >= 15 is 0 Å². The summed E-state index contributed by atoms with van der Waals surface area (Å²) in [4.78, 5) is 2.20. The third-order valence-corrected chi connectivity index (χ3v) is 3.28. The number of nitrogens with one attached hydrogen (secondary N) is 1. The Balaban J connectivity index is 3.81. The van der Waals surface area contributed by atoms with Gasteiger partial charge in [0.15, 0.2) is 0 Å². The molecule has 0 aromatic heterocycles. The minimum absolute atomic E-state index is 0.183. The first-order valence-electron chi connectivity index (χ1n) is 6.60. The number of aliphatic hydroxyl groups is 1. The molecule has 0 aromatic rings. The third-order valence-electron chi connectivity index (χ3n) is 3.28. The van der Waals surface area contributed by atoms with Gasteiger partial charge in [0.2, 0.25) is 0 Å². The number of ether oxygens (including phenoxy) is 1. The van der Waals surface area contributed by atoms with Gasteiger partial charge in [-0.05, 0) is 19.4 Å². The molecule has 18 heavy (non-hydrogen) atoms. The first-order valence-corrected chi connectivity index (χ1v) is 6.60. The summed E-state index contributed by atoms with van der Waals surface area (Å²) in [6.07, 6.45) is 3.03. The van der Waals surface area contributed by atoms with Crippen LogP contribution in [0.15, 0.2) is 0 Å². The van der Waals surface area contributed by atoms with Crippen LogP contribution >= 0.6 is 0 Å². The molecule has 0 amide bonds. The van der Waals surface area contributed by atoms with E-state index in [1.807, 2.05) is 13.8 Å². The van der Waals surface area contributed by atoms with E-state index in [2.05, 4.69) is 4.90 Å². The molecule has 0 saturated heterocycles. The van der Waals surface area contributed by atoms with Gasteiger partial charge in [0, 0.05) is 25.6 Å². The van der Waals surface area contributed by atoms with Crippen LogP contribution in [0.25, 0.3) is 0 Å². The van der Waals surface area contributed by atoms with Crippen LogP contribution in [0.3, 0.4) is 0 Å². The summed E-state index contributed by atoms with van der Waals surface area (Å²) in [7, 11) is 1.69. The van der Waals surface area contributed by atoms with Crippen LogP contribution in [-0.2, 0) is 4.74 Å². The van der Waals surface area contributed by atoms with E-state index in [1.165, 1.54) is 0 Å². The van der Waals surface area contributed by atoms with E-state index in [0.29, 0.717) is 13.2 Å². The lowest BCUT2D eigenvalue weighted by Gasteiger charge is -2.24. The average Bonchev–Trinajstić information content (AvgIpc) is 2.31. The Bertz CT molecular complexity index is 232. The van der Waals surface area contributed by atoms with Crippen molar-refractivity contribution >= 4 is 5.84 Å². The molecule has 0 unspecified atom stereocenters. The molecular weight excluding hydrogens is 230 g/mol. The lowest BCUT2D eigenvalue weighted by Crippen LogP contribution is -2.32. The van der Waals surface area contributed by atoms with Crippen LogP contribution in [0, 0.1) is 10.8 Å². The molecule has 0 saturated carbocycles. The Morgan fingerprint density at radius 1 is 1.28 bits per heavy atom. The molecule has 0 rings (SSSR count). The van der Waals surface area contributed by atoms with E-state index in [0.717, 1.165) is 32.4 Å². The number of hydrogen-bond acceptors (Lipinski definition) is 4. The van der Waals surface area contributed by atoms with Gasteiger partial charge in [-0.25, -0.2) is 0 Å². The fourth-order valence-electron chi connectivity index (χ4n) is 1.73. The topological polar surface area (TPSA) is 82.6 Å². The van der Waals surface area contributed by atoms with Crippen LogP contribution < -0.4 is 5.73 Å². The summed E-state index contributed by atoms with van der Waals surface area (Å²) in [6.45, 7) is 7.39. The summed E-state index contributed by atoms with van der Waals surface area (Å²) in [5, 5.41) is 16.5. The SMILES string of the molecule is COCCN(CCO)CCCCC(C)(C)C(=N)N. The molecule has 0 fully saturated rings. The molecule has 0 radical (unpaired) electrons. The predicted molar refractivity (Wildman–Crippen MR) is 74.9 cm³/mol. The van der Waals surface area contributed by atoms with Crippen molar-refractivity contribution in [3.05, 3.63) is 0 Å². The van der Waals surface area contributed by atoms with Gasteiger partial charge in [-0.1, -0.05) is 20.3 Å². The highest BCUT2D eigenvalue weighted by Crippen LogP contribution is 2.22. The number of hydrogen-bond donors (Lipinski definition) is 3. The smallest absolute Gasteiger partial charge is 0.0963 e. The van der Waals surface area contributed by atoms with Crippen LogP contribution in [0.4, 0.5) is 0 Å². The number of nitrogens with two attached hydrogens (primary N) is 1. The molecule has 0 aliphatic heterocycles. The molecule has 0 spiro atoms. The Labute approximate surface area is 111 Å². The maximum Gasteiger partial charge on any atom is 0.0963 e. The van der Waals surface area contributed by atoms with E-state index in [-0.39, 0.29) is 17.9 Å². The maximum absolute atomic E-state index is 8.97. The molecule has 0 aliphatic rings. The van der Waals surface area contributed by atoms with Crippen molar-refractivity contribution in [1.82, 2.24) is 4.90 Å². The van der Waals surface area contributed by atoms with Gasteiger partial charge >= 0.3 is 0 Å². The molecule has 0 bridgehead atoms. The third kappa shape index (κ3) is 7.63. The lowest BCUT2D eigenvalue weighted by atomic mass is 9.86. The summed E-state index contributed by atoms with van der Waals surface area (Å²) in [5.41, 5.74) is 5.35. The van der Waals surface area contributed by atoms with Crippen molar-refractivity contribution in [3.8, 4) is 0 Å². The van der Waals surface area contributed by atoms with E-state index in [1.54, 1.807) is 7.11 Å². The van der Waals surface area contributed by atoms with Gasteiger partial charge in [0.25, 0.3) is 0 Å². The van der Waals surface area contributed by atoms with Gasteiger partial charge in [0.1, 0.15) is 0 Å². The lowest BCUT2D eigenvalue weighted by molar-refractivity contribution is 0.129. The average molecular weight is 259 g/mol. The Kier molecular flexibility index (Phi) is 8.97. The van der Waals surface area contributed by atoms with Gasteiger partial charge in [-0.3, -0.25) is 10.3 Å². The second-order valence-electron chi connectivity index (χ2n) is 5.31. The minimum atomic E-state index is -0.200. The predicted octanol–water partition coefficient (Wildman–Crippen LogP) is 1.06. The highest BCUT2D eigenvalue weighted by atomic mass is 16.5. The minimum Gasteiger partial charge on any atom is -0.395 e. The summed E-state index contributed by atoms with van der Waals surface area (Å²) in [6, 6.07) is 0. The number of amidine groups is 1. The van der Waals surface area contributed by atoms with Gasteiger partial charge in [-0.15, -0.1) is 0 Å². The normalized spacial score (nSPS) is 12.1. The summed E-state index contributed by atoms with van der Waals surface area (Å²) in [5.74, 6) is 0.258. The molecule has 0 aromatic carbocycles. The Morgan fingerprint density at radius 2 is 1.94 bits per heavy atom. The quantitative estimate of drug-likeness (QED) is 0.294. The van der Waals surface area contributed by atoms with Crippen LogP contribution in [-0.4, -0.2) is 55.8 Å². The molecule has 0 atom stereocenters. The van der Waals surface area contributed by atoms with E-state index in [9.17, 15) is 0 Å². The number of nitrogens with zero attached hydrogens (tertiary/aromatic N) is 1. The largest absolute Gasteiger partial charge is 0.395 e. The maximum atomic E-state index is 8.97. The van der Waals surface area contributed by atoms with E-state index < -0.39 is 0 Å². The van der Waals surface area contributed by atoms with Crippen molar-refractivity contribution in [2.24, 2.45) is 11.1 Å². The van der Waals surface area contributed by atoms with Crippen LogP contribution in [0.1, 0.15) is 33.1 Å². The number of unbranched alkanes of at least 4 members (excludes halogenated alkanes) is 1. The van der Waals surface area contributed by atoms with E-state index in [4.69, 9.17) is 21.0 Å². The van der Waals surface area contributed by atoms with Gasteiger partial charge in [0.05, 0.1) is 19.0 Å². The fraction of sp³-hybridized carbons (Fsp3) is 0.923. The number of methoxy groups -OCH3 is 1. The van der Waals surface area contributed by atoms with Crippen molar-refractivity contribution in [3.63, 3.8) is 0 Å². The van der Waals surface area contributed by atoms with Crippen LogP contribution in [0.2, 0.25) is 0 Å². The molecule has 4 N–H and O–H groups in total. The zero-order valence-electron chi connectivity index (χ0n) is 12.0. The second-order valence-corrected chi connectivity index (χ2v) is 5.31. The first-order chi connectivity index (χ1) is 8.44. The zero-order valence-corrected chi connectivity index (χ0v) is 12.0. The molecule has 5 heteroatoms. The zero-order chi connectivity index (χ0) is 14.0. The second kappa shape index (κ2) is 9.30. The molecule has 0 aliphatic carbocycles. The first kappa shape index (κ1) is 17.4. The Hall–Kier alpha value is -0.650. The molecular formula is C13H29N3O2. The van der Waals surface area contributed by atoms with Gasteiger partial charge in [-0.2, -0.15) is 0 Å². The number of rotatable bonds is 11. The Morgan fingerprint density at radius 3 is 2.44 bits per heavy atom. The molecule has 5 nitrogen and oxygen atoms in total. The van der Waals surface area contributed by atoms with Crippen molar-refractivity contribution in [2.75, 3.05) is 40.0 Å².